The quantitative estimate of drug-likeness (QED) is 0.567. The third-order valence-corrected chi connectivity index (χ3v) is 8.02. The number of hydrogen-bond donors (Lipinski definition) is 1. The fraction of sp³-hybridized carbons (Fsp3) is 0.941. The van der Waals surface area contributed by atoms with Gasteiger partial charge in [-0.3, -0.25) is 9.89 Å². The first kappa shape index (κ1) is 18.0. The molecule has 3 aliphatic rings. The number of sulfone groups is 1. The van der Waals surface area contributed by atoms with Gasteiger partial charge in [0.2, 0.25) is 0 Å². The van der Waals surface area contributed by atoms with E-state index in [2.05, 4.69) is 20.1 Å². The zero-order valence-corrected chi connectivity index (χ0v) is 16.1. The maximum absolute atomic E-state index is 12.2. The van der Waals surface area contributed by atoms with Gasteiger partial charge in [-0.25, -0.2) is 8.42 Å². The van der Waals surface area contributed by atoms with E-state index in [1.54, 1.807) is 7.05 Å². The molecule has 3 fully saturated rings. The SMILES string of the molecule is CN=C(NCCN(CC1CC1)C1CC1)N1CCS(=O)(=O)C(C)(C)C1. The average Bonchev–Trinajstić information content (AvgIpc) is 3.38. The molecule has 2 aliphatic carbocycles. The Labute approximate surface area is 146 Å². The van der Waals surface area contributed by atoms with E-state index in [1.807, 2.05) is 13.8 Å². The third-order valence-electron chi connectivity index (χ3n) is 5.49. The predicted molar refractivity (Wildman–Crippen MR) is 98.1 cm³/mol. The molecule has 3 rings (SSSR count). The molecule has 1 heterocycles. The molecule has 1 saturated heterocycles. The Balaban J connectivity index is 1.49. The van der Waals surface area contributed by atoms with Crippen molar-refractivity contribution in [2.45, 2.75) is 50.3 Å². The van der Waals surface area contributed by atoms with Crippen molar-refractivity contribution in [3.8, 4) is 0 Å². The van der Waals surface area contributed by atoms with Gasteiger partial charge in [0.1, 0.15) is 0 Å². The van der Waals surface area contributed by atoms with Gasteiger partial charge in [-0.15, -0.1) is 0 Å². The zero-order chi connectivity index (χ0) is 17.4. The Bertz CT molecular complexity index is 579. The van der Waals surface area contributed by atoms with E-state index < -0.39 is 14.6 Å². The second-order valence-corrected chi connectivity index (χ2v) is 10.9. The van der Waals surface area contributed by atoms with Gasteiger partial charge in [0, 0.05) is 45.8 Å². The summed E-state index contributed by atoms with van der Waals surface area (Å²) in [6.07, 6.45) is 5.49. The van der Waals surface area contributed by atoms with E-state index in [0.717, 1.165) is 31.0 Å². The van der Waals surface area contributed by atoms with Gasteiger partial charge in [-0.2, -0.15) is 0 Å². The van der Waals surface area contributed by atoms with E-state index in [-0.39, 0.29) is 5.75 Å². The topological polar surface area (TPSA) is 65.0 Å². The standard InChI is InChI=1S/C17H32N4O2S/c1-17(2)13-21(10-11-24(17,22)23)16(18-3)19-8-9-20(15-6-7-15)12-14-4-5-14/h14-15H,4-13H2,1-3H3,(H,18,19). The van der Waals surface area contributed by atoms with Gasteiger partial charge in [0.15, 0.2) is 15.8 Å². The summed E-state index contributed by atoms with van der Waals surface area (Å²) in [5, 5.41) is 3.45. The van der Waals surface area contributed by atoms with Gasteiger partial charge in [-0.1, -0.05) is 0 Å². The van der Waals surface area contributed by atoms with Gasteiger partial charge in [0.05, 0.1) is 10.5 Å². The van der Waals surface area contributed by atoms with E-state index in [1.165, 1.54) is 32.2 Å². The van der Waals surface area contributed by atoms with Crippen LogP contribution in [0.2, 0.25) is 0 Å². The Morgan fingerprint density at radius 3 is 2.54 bits per heavy atom. The Hall–Kier alpha value is -0.820. The van der Waals surface area contributed by atoms with Crippen molar-refractivity contribution in [3.05, 3.63) is 0 Å². The summed E-state index contributed by atoms with van der Waals surface area (Å²) in [5.74, 6) is 1.97. The number of hydrogen-bond acceptors (Lipinski definition) is 4. The molecule has 0 amide bonds. The lowest BCUT2D eigenvalue weighted by atomic mass is 10.2. The minimum Gasteiger partial charge on any atom is -0.355 e. The lowest BCUT2D eigenvalue weighted by molar-refractivity contribution is 0.254. The largest absolute Gasteiger partial charge is 0.355 e. The molecule has 0 aromatic carbocycles. The van der Waals surface area contributed by atoms with Crippen molar-refractivity contribution >= 4 is 15.8 Å². The Morgan fingerprint density at radius 1 is 1.29 bits per heavy atom. The molecule has 1 N–H and O–H groups in total. The molecule has 0 bridgehead atoms. The van der Waals surface area contributed by atoms with Crippen molar-refractivity contribution in [2.75, 3.05) is 45.5 Å². The maximum Gasteiger partial charge on any atom is 0.193 e. The van der Waals surface area contributed by atoms with Crippen molar-refractivity contribution in [2.24, 2.45) is 10.9 Å². The van der Waals surface area contributed by atoms with Crippen LogP contribution >= 0.6 is 0 Å². The molecular formula is C17H32N4O2S. The highest BCUT2D eigenvalue weighted by atomic mass is 32.2. The van der Waals surface area contributed by atoms with Crippen LogP contribution in [0.25, 0.3) is 0 Å². The summed E-state index contributed by atoms with van der Waals surface area (Å²) in [4.78, 5) is 9.09. The predicted octanol–water partition coefficient (Wildman–Crippen LogP) is 0.945. The lowest BCUT2D eigenvalue weighted by Crippen LogP contribution is -2.57. The van der Waals surface area contributed by atoms with Gasteiger partial charge in [-0.05, 0) is 45.4 Å². The van der Waals surface area contributed by atoms with Gasteiger partial charge >= 0.3 is 0 Å². The number of guanidine groups is 1. The van der Waals surface area contributed by atoms with Gasteiger partial charge in [0.25, 0.3) is 0 Å². The first-order valence-corrected chi connectivity index (χ1v) is 10.9. The fourth-order valence-corrected chi connectivity index (χ4v) is 4.83. The smallest absolute Gasteiger partial charge is 0.193 e. The molecule has 0 aromatic heterocycles. The molecule has 6 nitrogen and oxygen atoms in total. The van der Waals surface area contributed by atoms with Crippen molar-refractivity contribution in [1.82, 2.24) is 15.1 Å². The molecular weight excluding hydrogens is 324 g/mol. The van der Waals surface area contributed by atoms with Crippen LogP contribution in [0.3, 0.4) is 0 Å². The van der Waals surface area contributed by atoms with Crippen molar-refractivity contribution in [1.29, 1.82) is 0 Å². The lowest BCUT2D eigenvalue weighted by Gasteiger charge is -2.39. The van der Waals surface area contributed by atoms with Crippen LogP contribution in [0.4, 0.5) is 0 Å². The van der Waals surface area contributed by atoms with Crippen LogP contribution < -0.4 is 5.32 Å². The van der Waals surface area contributed by atoms with Crippen LogP contribution in [-0.4, -0.2) is 80.5 Å². The van der Waals surface area contributed by atoms with Crippen LogP contribution in [0.1, 0.15) is 39.5 Å². The van der Waals surface area contributed by atoms with E-state index in [9.17, 15) is 8.42 Å². The molecule has 0 spiro atoms. The summed E-state index contributed by atoms with van der Waals surface area (Å²) >= 11 is 0. The highest BCUT2D eigenvalue weighted by Crippen LogP contribution is 2.34. The molecule has 0 atom stereocenters. The van der Waals surface area contributed by atoms with E-state index in [0.29, 0.717) is 13.1 Å². The number of nitrogens with zero attached hydrogens (tertiary/aromatic N) is 3. The second-order valence-electron chi connectivity index (χ2n) is 8.14. The second kappa shape index (κ2) is 6.83. The summed E-state index contributed by atoms with van der Waals surface area (Å²) in [7, 11) is -1.23. The summed E-state index contributed by atoms with van der Waals surface area (Å²) in [6, 6.07) is 0.800. The maximum atomic E-state index is 12.2. The minimum atomic E-state index is -3.01. The molecule has 138 valence electrons. The van der Waals surface area contributed by atoms with E-state index >= 15 is 0 Å². The number of aliphatic imine (C=N–C) groups is 1. The molecule has 2 saturated carbocycles. The van der Waals surface area contributed by atoms with Crippen LogP contribution in [-0.2, 0) is 9.84 Å². The third kappa shape index (κ3) is 4.23. The van der Waals surface area contributed by atoms with Crippen LogP contribution in [0.5, 0.6) is 0 Å². The van der Waals surface area contributed by atoms with Crippen molar-refractivity contribution < 1.29 is 8.42 Å². The van der Waals surface area contributed by atoms with Crippen molar-refractivity contribution in [3.63, 3.8) is 0 Å². The molecule has 24 heavy (non-hydrogen) atoms. The molecule has 1 aliphatic heterocycles. The summed E-state index contributed by atoms with van der Waals surface area (Å²) < 4.78 is 23.6. The first-order valence-electron chi connectivity index (χ1n) is 9.24. The zero-order valence-electron chi connectivity index (χ0n) is 15.3. The Kier molecular flexibility index (Phi) is 5.12. The highest BCUT2D eigenvalue weighted by molar-refractivity contribution is 7.92. The minimum absolute atomic E-state index is 0.205. The van der Waals surface area contributed by atoms with Gasteiger partial charge < -0.3 is 10.2 Å². The van der Waals surface area contributed by atoms with E-state index in [4.69, 9.17) is 0 Å². The van der Waals surface area contributed by atoms with Crippen LogP contribution in [0, 0.1) is 5.92 Å². The molecule has 0 radical (unpaired) electrons. The highest BCUT2D eigenvalue weighted by Gasteiger charge is 2.41. The summed E-state index contributed by atoms with van der Waals surface area (Å²) in [6.45, 7) is 7.83. The average molecular weight is 357 g/mol. The Morgan fingerprint density at radius 2 is 2.00 bits per heavy atom. The summed E-state index contributed by atoms with van der Waals surface area (Å²) in [5.41, 5.74) is 0. The van der Waals surface area contributed by atoms with Crippen LogP contribution in [0.15, 0.2) is 4.99 Å². The monoisotopic (exact) mass is 356 g/mol. The molecule has 7 heteroatoms. The fourth-order valence-electron chi connectivity index (χ4n) is 3.46. The number of rotatable bonds is 6. The molecule has 0 unspecified atom stereocenters. The molecule has 0 aromatic rings. The number of nitrogens with one attached hydrogen (secondary N) is 1. The first-order chi connectivity index (χ1) is 11.3. The normalized spacial score (nSPS) is 26.7.